The van der Waals surface area contributed by atoms with Crippen molar-refractivity contribution in [1.82, 2.24) is 9.88 Å². The van der Waals surface area contributed by atoms with E-state index in [0.717, 1.165) is 10.9 Å². The Bertz CT molecular complexity index is 628. The molecule has 1 aromatic heterocycles. The summed E-state index contributed by atoms with van der Waals surface area (Å²) < 4.78 is 5.07. The topological polar surface area (TPSA) is 54.5 Å². The van der Waals surface area contributed by atoms with E-state index in [1.807, 2.05) is 31.2 Å². The molecule has 0 aliphatic rings. The number of ether oxygens (including phenoxy) is 1. The minimum absolute atomic E-state index is 0.00431. The number of nitrogens with zero attached hydrogens (tertiary/aromatic N) is 2. The number of nitrogens with one attached hydrogen (secondary N) is 1. The van der Waals surface area contributed by atoms with E-state index in [0.29, 0.717) is 31.1 Å². The van der Waals surface area contributed by atoms with Gasteiger partial charge in [0.15, 0.2) is 0 Å². The summed E-state index contributed by atoms with van der Waals surface area (Å²) in [6.45, 7) is 3.72. The molecule has 0 aliphatic carbocycles. The van der Waals surface area contributed by atoms with Crippen molar-refractivity contribution >= 4 is 22.6 Å². The Balaban J connectivity index is 2.45. The SMILES string of the molecule is CCN(CCOC)C(=O)c1cc(NC)nc2ccccc12. The molecule has 0 atom stereocenters. The molecule has 1 heterocycles. The van der Waals surface area contributed by atoms with Crippen LogP contribution in [0.4, 0.5) is 5.82 Å². The minimum atomic E-state index is 0.00431. The fourth-order valence-electron chi connectivity index (χ4n) is 2.26. The molecule has 2 aromatic rings. The Kier molecular flexibility index (Phi) is 5.11. The number of likely N-dealkylation sites (N-methyl/N-ethyl adjacent to an activating group) is 1. The molecule has 0 saturated heterocycles. The van der Waals surface area contributed by atoms with Crippen molar-refractivity contribution in [2.75, 3.05) is 39.2 Å². The van der Waals surface area contributed by atoms with Gasteiger partial charge in [0.1, 0.15) is 5.82 Å². The Morgan fingerprint density at radius 1 is 1.38 bits per heavy atom. The number of fused-ring (bicyclic) bond motifs is 1. The summed E-state index contributed by atoms with van der Waals surface area (Å²) in [4.78, 5) is 19.0. The quantitative estimate of drug-likeness (QED) is 0.886. The molecule has 0 spiro atoms. The standard InChI is InChI=1S/C16H21N3O2/c1-4-19(9-10-21-3)16(20)13-11-15(17-2)18-14-8-6-5-7-12(13)14/h5-8,11H,4,9-10H2,1-3H3,(H,17,18). The van der Waals surface area contributed by atoms with Crippen molar-refractivity contribution < 1.29 is 9.53 Å². The van der Waals surface area contributed by atoms with Gasteiger partial charge in [-0.15, -0.1) is 0 Å². The lowest BCUT2D eigenvalue weighted by Crippen LogP contribution is -2.33. The van der Waals surface area contributed by atoms with E-state index in [4.69, 9.17) is 4.74 Å². The van der Waals surface area contributed by atoms with Gasteiger partial charge in [0.25, 0.3) is 5.91 Å². The lowest BCUT2D eigenvalue weighted by Gasteiger charge is -2.21. The van der Waals surface area contributed by atoms with Gasteiger partial charge >= 0.3 is 0 Å². The summed E-state index contributed by atoms with van der Waals surface area (Å²) >= 11 is 0. The van der Waals surface area contributed by atoms with Gasteiger partial charge in [-0.05, 0) is 19.1 Å². The van der Waals surface area contributed by atoms with Crippen LogP contribution in [0.25, 0.3) is 10.9 Å². The molecule has 2 rings (SSSR count). The molecule has 0 radical (unpaired) electrons. The maximum atomic E-state index is 12.8. The Labute approximate surface area is 124 Å². The Hall–Kier alpha value is -2.14. The van der Waals surface area contributed by atoms with E-state index in [-0.39, 0.29) is 5.91 Å². The van der Waals surface area contributed by atoms with Crippen molar-refractivity contribution in [2.45, 2.75) is 6.92 Å². The van der Waals surface area contributed by atoms with Gasteiger partial charge in [-0.25, -0.2) is 4.98 Å². The van der Waals surface area contributed by atoms with Crippen LogP contribution in [-0.2, 0) is 4.74 Å². The number of carbonyl (C=O) groups is 1. The van der Waals surface area contributed by atoms with Crippen LogP contribution in [0.15, 0.2) is 30.3 Å². The van der Waals surface area contributed by atoms with E-state index in [1.54, 1.807) is 25.1 Å². The number of aromatic nitrogens is 1. The summed E-state index contributed by atoms with van der Waals surface area (Å²) in [6.07, 6.45) is 0. The van der Waals surface area contributed by atoms with Crippen molar-refractivity contribution in [2.24, 2.45) is 0 Å². The first kappa shape index (κ1) is 15.3. The van der Waals surface area contributed by atoms with E-state index in [2.05, 4.69) is 10.3 Å². The van der Waals surface area contributed by atoms with Gasteiger partial charge in [-0.2, -0.15) is 0 Å². The van der Waals surface area contributed by atoms with Crippen LogP contribution in [0.1, 0.15) is 17.3 Å². The summed E-state index contributed by atoms with van der Waals surface area (Å²) in [5, 5.41) is 3.88. The zero-order valence-corrected chi connectivity index (χ0v) is 12.7. The Morgan fingerprint density at radius 3 is 2.81 bits per heavy atom. The predicted molar refractivity (Wildman–Crippen MR) is 84.7 cm³/mol. The molecule has 21 heavy (non-hydrogen) atoms. The minimum Gasteiger partial charge on any atom is -0.383 e. The molecule has 0 fully saturated rings. The molecule has 1 N–H and O–H groups in total. The maximum Gasteiger partial charge on any atom is 0.254 e. The van der Waals surface area contributed by atoms with Crippen LogP contribution in [0.5, 0.6) is 0 Å². The van der Waals surface area contributed by atoms with Gasteiger partial charge < -0.3 is 15.0 Å². The highest BCUT2D eigenvalue weighted by molar-refractivity contribution is 6.06. The van der Waals surface area contributed by atoms with E-state index >= 15 is 0 Å². The maximum absolute atomic E-state index is 12.8. The number of methoxy groups -OCH3 is 1. The van der Waals surface area contributed by atoms with Gasteiger partial charge in [-0.3, -0.25) is 4.79 Å². The second-order valence-corrected chi connectivity index (χ2v) is 4.70. The smallest absolute Gasteiger partial charge is 0.254 e. The van der Waals surface area contributed by atoms with Gasteiger partial charge in [0.05, 0.1) is 17.7 Å². The van der Waals surface area contributed by atoms with Gasteiger partial charge in [0.2, 0.25) is 0 Å². The third-order valence-corrected chi connectivity index (χ3v) is 3.44. The van der Waals surface area contributed by atoms with Crippen LogP contribution in [0.2, 0.25) is 0 Å². The summed E-state index contributed by atoms with van der Waals surface area (Å²) in [6, 6.07) is 9.49. The number of benzene rings is 1. The third kappa shape index (κ3) is 3.31. The number of hydrogen-bond donors (Lipinski definition) is 1. The summed E-state index contributed by atoms with van der Waals surface area (Å²) in [7, 11) is 3.44. The molecule has 5 heteroatoms. The molecular formula is C16H21N3O2. The van der Waals surface area contributed by atoms with Crippen LogP contribution in [0.3, 0.4) is 0 Å². The predicted octanol–water partition coefficient (Wildman–Crippen LogP) is 2.39. The highest BCUT2D eigenvalue weighted by Crippen LogP contribution is 2.22. The first-order valence-electron chi connectivity index (χ1n) is 7.07. The molecule has 0 unspecified atom stereocenters. The first-order valence-corrected chi connectivity index (χ1v) is 7.07. The fourth-order valence-corrected chi connectivity index (χ4v) is 2.26. The molecule has 5 nitrogen and oxygen atoms in total. The number of carbonyl (C=O) groups excluding carboxylic acids is 1. The van der Waals surface area contributed by atoms with E-state index in [1.165, 1.54) is 0 Å². The normalized spacial score (nSPS) is 10.6. The van der Waals surface area contributed by atoms with Crippen molar-refractivity contribution in [3.63, 3.8) is 0 Å². The zero-order valence-electron chi connectivity index (χ0n) is 12.7. The number of para-hydroxylation sites is 1. The number of amides is 1. The average molecular weight is 287 g/mol. The summed E-state index contributed by atoms with van der Waals surface area (Å²) in [5.74, 6) is 0.699. The highest BCUT2D eigenvalue weighted by atomic mass is 16.5. The van der Waals surface area contributed by atoms with Crippen molar-refractivity contribution in [3.05, 3.63) is 35.9 Å². The Morgan fingerprint density at radius 2 is 2.14 bits per heavy atom. The first-order chi connectivity index (χ1) is 10.2. The lowest BCUT2D eigenvalue weighted by molar-refractivity contribution is 0.0708. The van der Waals surface area contributed by atoms with Gasteiger partial charge in [-0.1, -0.05) is 18.2 Å². The lowest BCUT2D eigenvalue weighted by atomic mass is 10.1. The molecule has 1 amide bonds. The number of hydrogen-bond acceptors (Lipinski definition) is 4. The molecule has 0 bridgehead atoms. The number of pyridine rings is 1. The van der Waals surface area contributed by atoms with E-state index < -0.39 is 0 Å². The highest BCUT2D eigenvalue weighted by Gasteiger charge is 2.18. The molecule has 0 aliphatic heterocycles. The molecule has 1 aromatic carbocycles. The molecule has 112 valence electrons. The van der Waals surface area contributed by atoms with Crippen LogP contribution in [0, 0.1) is 0 Å². The zero-order chi connectivity index (χ0) is 15.2. The number of anilines is 1. The number of rotatable bonds is 6. The van der Waals surface area contributed by atoms with Crippen LogP contribution < -0.4 is 5.32 Å². The fraction of sp³-hybridized carbons (Fsp3) is 0.375. The van der Waals surface area contributed by atoms with E-state index in [9.17, 15) is 4.79 Å². The van der Waals surface area contributed by atoms with Crippen molar-refractivity contribution in [1.29, 1.82) is 0 Å². The average Bonchev–Trinajstić information content (AvgIpc) is 2.54. The summed E-state index contributed by atoms with van der Waals surface area (Å²) in [5.41, 5.74) is 1.48. The largest absolute Gasteiger partial charge is 0.383 e. The van der Waals surface area contributed by atoms with Crippen LogP contribution in [-0.4, -0.2) is 49.6 Å². The second-order valence-electron chi connectivity index (χ2n) is 4.70. The molecular weight excluding hydrogens is 266 g/mol. The van der Waals surface area contributed by atoms with Gasteiger partial charge in [0, 0.05) is 32.6 Å². The second kappa shape index (κ2) is 7.04. The monoisotopic (exact) mass is 287 g/mol. The molecule has 0 saturated carbocycles. The third-order valence-electron chi connectivity index (χ3n) is 3.44. The van der Waals surface area contributed by atoms with Crippen LogP contribution >= 0.6 is 0 Å². The van der Waals surface area contributed by atoms with Crippen molar-refractivity contribution in [3.8, 4) is 0 Å².